The molecule has 17 heavy (non-hydrogen) atoms. The van der Waals surface area contributed by atoms with Crippen LogP contribution in [0.2, 0.25) is 0 Å². The number of hydrogen-bond donors (Lipinski definition) is 1. The number of benzene rings is 1. The van der Waals surface area contributed by atoms with Gasteiger partial charge in [-0.05, 0) is 29.7 Å². The summed E-state index contributed by atoms with van der Waals surface area (Å²) in [6, 6.07) is 9.31. The maximum absolute atomic E-state index is 14.1. The van der Waals surface area contributed by atoms with Crippen LogP contribution in [-0.2, 0) is 4.79 Å². The minimum Gasteiger partial charge on any atom is -0.479 e. The first-order chi connectivity index (χ1) is 8.03. The summed E-state index contributed by atoms with van der Waals surface area (Å²) in [5.74, 6) is -1.44. The SMILES string of the molecule is CC1=C(c2ccccc2)CC(F)(C(=O)O)C=C1. The van der Waals surface area contributed by atoms with E-state index in [0.29, 0.717) is 0 Å². The van der Waals surface area contributed by atoms with E-state index in [9.17, 15) is 9.18 Å². The van der Waals surface area contributed by atoms with Gasteiger partial charge in [0.1, 0.15) is 0 Å². The highest BCUT2D eigenvalue weighted by Crippen LogP contribution is 2.36. The van der Waals surface area contributed by atoms with Crippen LogP contribution in [0.15, 0.2) is 48.1 Å². The van der Waals surface area contributed by atoms with Crippen molar-refractivity contribution in [2.24, 2.45) is 0 Å². The van der Waals surface area contributed by atoms with Crippen molar-refractivity contribution < 1.29 is 14.3 Å². The highest BCUT2D eigenvalue weighted by Gasteiger charge is 2.39. The van der Waals surface area contributed by atoms with Crippen molar-refractivity contribution in [3.63, 3.8) is 0 Å². The third-order valence-corrected chi connectivity index (χ3v) is 2.99. The van der Waals surface area contributed by atoms with E-state index < -0.39 is 11.6 Å². The Bertz CT molecular complexity index is 502. The van der Waals surface area contributed by atoms with E-state index in [1.54, 1.807) is 6.08 Å². The zero-order valence-corrected chi connectivity index (χ0v) is 9.48. The second kappa shape index (κ2) is 4.17. The molecule has 1 N–H and O–H groups in total. The van der Waals surface area contributed by atoms with Crippen molar-refractivity contribution in [3.05, 3.63) is 53.6 Å². The lowest BCUT2D eigenvalue weighted by atomic mass is 9.84. The number of rotatable bonds is 2. The van der Waals surface area contributed by atoms with Crippen LogP contribution in [0.3, 0.4) is 0 Å². The zero-order chi connectivity index (χ0) is 12.5. The normalized spacial score (nSPS) is 23.9. The van der Waals surface area contributed by atoms with Gasteiger partial charge in [-0.3, -0.25) is 0 Å². The van der Waals surface area contributed by atoms with E-state index in [4.69, 9.17) is 5.11 Å². The fourth-order valence-electron chi connectivity index (χ4n) is 1.93. The Morgan fingerprint density at radius 1 is 1.35 bits per heavy atom. The molecule has 88 valence electrons. The van der Waals surface area contributed by atoms with Crippen LogP contribution in [0.1, 0.15) is 18.9 Å². The largest absolute Gasteiger partial charge is 0.479 e. The van der Waals surface area contributed by atoms with E-state index in [1.165, 1.54) is 0 Å². The number of hydrogen-bond acceptors (Lipinski definition) is 1. The smallest absolute Gasteiger partial charge is 0.345 e. The van der Waals surface area contributed by atoms with Crippen LogP contribution in [0.25, 0.3) is 5.57 Å². The molecule has 0 heterocycles. The molecule has 1 aliphatic carbocycles. The van der Waals surface area contributed by atoms with Gasteiger partial charge in [0.05, 0.1) is 0 Å². The molecule has 1 atom stereocenters. The molecular formula is C14H13FO2. The van der Waals surface area contributed by atoms with E-state index in [1.807, 2.05) is 37.3 Å². The maximum Gasteiger partial charge on any atom is 0.345 e. The van der Waals surface area contributed by atoms with Crippen molar-refractivity contribution >= 4 is 11.5 Å². The van der Waals surface area contributed by atoms with E-state index in [2.05, 4.69) is 0 Å². The monoisotopic (exact) mass is 232 g/mol. The third-order valence-electron chi connectivity index (χ3n) is 2.99. The Kier molecular flexibility index (Phi) is 2.84. The average molecular weight is 232 g/mol. The molecule has 1 unspecified atom stereocenters. The Morgan fingerprint density at radius 3 is 2.59 bits per heavy atom. The molecule has 1 aromatic carbocycles. The van der Waals surface area contributed by atoms with Crippen LogP contribution in [0.4, 0.5) is 4.39 Å². The number of allylic oxidation sites excluding steroid dienone is 3. The summed E-state index contributed by atoms with van der Waals surface area (Å²) in [4.78, 5) is 10.9. The molecule has 2 nitrogen and oxygen atoms in total. The number of halogens is 1. The molecule has 0 radical (unpaired) electrons. The maximum atomic E-state index is 14.1. The van der Waals surface area contributed by atoms with Crippen molar-refractivity contribution in [1.82, 2.24) is 0 Å². The second-order valence-electron chi connectivity index (χ2n) is 4.21. The lowest BCUT2D eigenvalue weighted by Crippen LogP contribution is -2.33. The molecule has 0 bridgehead atoms. The third kappa shape index (κ3) is 2.13. The number of alkyl halides is 1. The average Bonchev–Trinajstić information content (AvgIpc) is 2.33. The molecule has 3 heteroatoms. The van der Waals surface area contributed by atoms with Gasteiger partial charge in [-0.2, -0.15) is 0 Å². The molecule has 2 rings (SSSR count). The lowest BCUT2D eigenvalue weighted by molar-refractivity contribution is -0.147. The summed E-state index contributed by atoms with van der Waals surface area (Å²) >= 11 is 0. The molecule has 1 aliphatic rings. The Hall–Kier alpha value is -1.90. The molecule has 0 amide bonds. The second-order valence-corrected chi connectivity index (χ2v) is 4.21. The van der Waals surface area contributed by atoms with Gasteiger partial charge in [0.25, 0.3) is 0 Å². The summed E-state index contributed by atoms with van der Waals surface area (Å²) < 4.78 is 14.1. The van der Waals surface area contributed by atoms with E-state index >= 15 is 0 Å². The van der Waals surface area contributed by atoms with Crippen molar-refractivity contribution in [1.29, 1.82) is 0 Å². The number of carbonyl (C=O) groups is 1. The van der Waals surface area contributed by atoms with Crippen molar-refractivity contribution in [3.8, 4) is 0 Å². The number of carboxylic acid groups (broad SMARTS) is 1. The predicted octanol–water partition coefficient (Wildman–Crippen LogP) is 3.21. The van der Waals surface area contributed by atoms with Gasteiger partial charge in [-0.15, -0.1) is 0 Å². The molecule has 0 saturated carbocycles. The van der Waals surface area contributed by atoms with Crippen LogP contribution >= 0.6 is 0 Å². The minimum absolute atomic E-state index is 0.116. The van der Waals surface area contributed by atoms with Gasteiger partial charge in [0.15, 0.2) is 0 Å². The van der Waals surface area contributed by atoms with Crippen LogP contribution in [0.5, 0.6) is 0 Å². The summed E-state index contributed by atoms with van der Waals surface area (Å²) in [7, 11) is 0. The van der Waals surface area contributed by atoms with Gasteiger partial charge in [-0.25, -0.2) is 9.18 Å². The van der Waals surface area contributed by atoms with Gasteiger partial charge < -0.3 is 5.11 Å². The predicted molar refractivity (Wildman–Crippen MR) is 64.3 cm³/mol. The number of carboxylic acids is 1. The fourth-order valence-corrected chi connectivity index (χ4v) is 1.93. The van der Waals surface area contributed by atoms with Crippen LogP contribution in [0, 0.1) is 0 Å². The van der Waals surface area contributed by atoms with Gasteiger partial charge in [0.2, 0.25) is 5.67 Å². The first-order valence-electron chi connectivity index (χ1n) is 5.40. The highest BCUT2D eigenvalue weighted by molar-refractivity contribution is 5.86. The Morgan fingerprint density at radius 2 is 2.00 bits per heavy atom. The summed E-state index contributed by atoms with van der Waals surface area (Å²) in [6.45, 7) is 1.86. The molecule has 0 fully saturated rings. The molecule has 0 aliphatic heterocycles. The summed E-state index contributed by atoms with van der Waals surface area (Å²) in [5.41, 5.74) is 0.242. The van der Waals surface area contributed by atoms with E-state index in [0.717, 1.165) is 22.8 Å². The highest BCUT2D eigenvalue weighted by atomic mass is 19.1. The van der Waals surface area contributed by atoms with Gasteiger partial charge >= 0.3 is 5.97 Å². The first kappa shape index (κ1) is 11.6. The van der Waals surface area contributed by atoms with Crippen molar-refractivity contribution in [2.75, 3.05) is 0 Å². The Labute approximate surface area is 99.1 Å². The molecule has 0 spiro atoms. The Balaban J connectivity index is 2.41. The quantitative estimate of drug-likeness (QED) is 0.850. The first-order valence-corrected chi connectivity index (χ1v) is 5.40. The zero-order valence-electron chi connectivity index (χ0n) is 9.48. The molecule has 0 saturated heterocycles. The molecular weight excluding hydrogens is 219 g/mol. The minimum atomic E-state index is -2.29. The topological polar surface area (TPSA) is 37.3 Å². The van der Waals surface area contributed by atoms with Crippen LogP contribution in [-0.4, -0.2) is 16.7 Å². The lowest BCUT2D eigenvalue weighted by Gasteiger charge is -2.24. The van der Waals surface area contributed by atoms with Crippen molar-refractivity contribution in [2.45, 2.75) is 19.0 Å². The molecule has 0 aromatic heterocycles. The molecule has 1 aromatic rings. The van der Waals surface area contributed by atoms with Crippen LogP contribution < -0.4 is 0 Å². The summed E-state index contributed by atoms with van der Waals surface area (Å²) in [5, 5.41) is 8.90. The fraction of sp³-hybridized carbons (Fsp3) is 0.214. The van der Waals surface area contributed by atoms with E-state index in [-0.39, 0.29) is 6.42 Å². The standard InChI is InChI=1S/C14H13FO2/c1-10-7-8-14(15,13(16)17)9-12(10)11-5-3-2-4-6-11/h2-8H,9H2,1H3,(H,16,17). The van der Waals surface area contributed by atoms with Gasteiger partial charge in [0, 0.05) is 6.42 Å². The van der Waals surface area contributed by atoms with Gasteiger partial charge in [-0.1, -0.05) is 36.4 Å². The summed E-state index contributed by atoms with van der Waals surface area (Å²) in [6.07, 6.45) is 2.55. The number of aliphatic carboxylic acids is 1.